The predicted octanol–water partition coefficient (Wildman–Crippen LogP) is 2.88. The standard InChI is InChI=1S/C18H30O6/c1-8-24-16(23)18(14(7)20,10-12(4)5)17(13(6)19,15(21)22)9-11(2)3/h11-12H,8-10H2,1-7H3,(H,21,22). The number of rotatable bonds is 10. The third kappa shape index (κ3) is 3.84. The number of hydrogen-bond acceptors (Lipinski definition) is 5. The lowest BCUT2D eigenvalue weighted by atomic mass is 9.53. The summed E-state index contributed by atoms with van der Waals surface area (Å²) in [6.07, 6.45) is -0.164. The van der Waals surface area contributed by atoms with Crippen molar-refractivity contribution in [2.45, 2.75) is 61.3 Å². The van der Waals surface area contributed by atoms with Gasteiger partial charge in [0.05, 0.1) is 6.61 Å². The van der Waals surface area contributed by atoms with Crippen molar-refractivity contribution in [2.24, 2.45) is 22.7 Å². The van der Waals surface area contributed by atoms with Crippen LogP contribution in [0.15, 0.2) is 0 Å². The molecule has 2 atom stereocenters. The largest absolute Gasteiger partial charge is 0.480 e. The Hall–Kier alpha value is -1.72. The summed E-state index contributed by atoms with van der Waals surface area (Å²) in [5.74, 6) is -4.11. The van der Waals surface area contributed by atoms with E-state index in [1.165, 1.54) is 6.92 Å². The van der Waals surface area contributed by atoms with Crippen molar-refractivity contribution in [3.8, 4) is 0 Å². The van der Waals surface area contributed by atoms with Crippen LogP contribution in [-0.2, 0) is 23.9 Å². The van der Waals surface area contributed by atoms with Gasteiger partial charge >= 0.3 is 11.9 Å². The molecular weight excluding hydrogens is 312 g/mol. The quantitative estimate of drug-likeness (QED) is 0.484. The third-order valence-electron chi connectivity index (χ3n) is 4.35. The Morgan fingerprint density at radius 1 is 0.875 bits per heavy atom. The van der Waals surface area contributed by atoms with Crippen LogP contribution in [0, 0.1) is 22.7 Å². The van der Waals surface area contributed by atoms with Gasteiger partial charge in [0.2, 0.25) is 0 Å². The van der Waals surface area contributed by atoms with E-state index in [2.05, 4.69) is 0 Å². The maximum absolute atomic E-state index is 12.8. The van der Waals surface area contributed by atoms with Gasteiger partial charge in [0, 0.05) is 0 Å². The highest BCUT2D eigenvalue weighted by Crippen LogP contribution is 2.51. The second-order valence-corrected chi connectivity index (χ2v) is 7.14. The summed E-state index contributed by atoms with van der Waals surface area (Å²) >= 11 is 0. The SMILES string of the molecule is CCOC(=O)C(CC(C)C)(C(C)=O)C(CC(C)C)(C(C)=O)C(=O)O. The zero-order valence-electron chi connectivity index (χ0n) is 15.8. The van der Waals surface area contributed by atoms with Gasteiger partial charge in [-0.15, -0.1) is 0 Å². The third-order valence-corrected chi connectivity index (χ3v) is 4.35. The number of carboxylic acid groups (broad SMARTS) is 1. The molecule has 1 N–H and O–H groups in total. The Balaban J connectivity index is 6.88. The van der Waals surface area contributed by atoms with Crippen molar-refractivity contribution >= 4 is 23.5 Å². The first-order chi connectivity index (χ1) is 10.9. The van der Waals surface area contributed by atoms with Gasteiger partial charge in [-0.05, 0) is 45.4 Å². The summed E-state index contributed by atoms with van der Waals surface area (Å²) < 4.78 is 5.08. The van der Waals surface area contributed by atoms with Crippen LogP contribution in [0.5, 0.6) is 0 Å². The van der Waals surface area contributed by atoms with E-state index >= 15 is 0 Å². The monoisotopic (exact) mass is 342 g/mol. The molecule has 0 aromatic rings. The molecule has 0 aromatic carbocycles. The lowest BCUT2D eigenvalue weighted by molar-refractivity contribution is -0.187. The Labute approximate surface area is 143 Å². The molecule has 0 fully saturated rings. The minimum absolute atomic E-state index is 0.00123. The minimum atomic E-state index is -2.14. The van der Waals surface area contributed by atoms with Crippen LogP contribution >= 0.6 is 0 Å². The zero-order chi connectivity index (χ0) is 19.3. The highest BCUT2D eigenvalue weighted by molar-refractivity contribution is 6.16. The number of carboxylic acids is 1. The van der Waals surface area contributed by atoms with Crippen LogP contribution in [0.1, 0.15) is 61.3 Å². The van der Waals surface area contributed by atoms with E-state index in [9.17, 15) is 24.3 Å². The Morgan fingerprint density at radius 3 is 1.50 bits per heavy atom. The molecule has 0 rings (SSSR count). The zero-order valence-corrected chi connectivity index (χ0v) is 15.8. The number of carbonyl (C=O) groups is 4. The van der Waals surface area contributed by atoms with Gasteiger partial charge in [-0.3, -0.25) is 19.2 Å². The molecule has 6 heteroatoms. The Morgan fingerprint density at radius 2 is 1.25 bits per heavy atom. The molecule has 0 aliphatic rings. The molecule has 0 amide bonds. The number of hydrogen-bond donors (Lipinski definition) is 1. The molecule has 138 valence electrons. The minimum Gasteiger partial charge on any atom is -0.480 e. The first kappa shape index (κ1) is 22.3. The average Bonchev–Trinajstić information content (AvgIpc) is 2.40. The van der Waals surface area contributed by atoms with E-state index in [-0.39, 0.29) is 31.3 Å². The first-order valence-corrected chi connectivity index (χ1v) is 8.32. The molecule has 0 aliphatic carbocycles. The molecule has 0 saturated heterocycles. The van der Waals surface area contributed by atoms with Gasteiger partial charge in [-0.1, -0.05) is 27.7 Å². The number of ether oxygens (including phenoxy) is 1. The molecule has 0 radical (unpaired) electrons. The fourth-order valence-corrected chi connectivity index (χ4v) is 3.54. The topological polar surface area (TPSA) is 97.7 Å². The van der Waals surface area contributed by atoms with Crippen molar-refractivity contribution in [3.05, 3.63) is 0 Å². The van der Waals surface area contributed by atoms with Crippen LogP contribution < -0.4 is 0 Å². The van der Waals surface area contributed by atoms with Gasteiger partial charge in [0.15, 0.2) is 0 Å². The van der Waals surface area contributed by atoms with E-state index in [1.54, 1.807) is 34.6 Å². The van der Waals surface area contributed by atoms with Gasteiger partial charge < -0.3 is 9.84 Å². The summed E-state index contributed by atoms with van der Waals surface area (Å²) in [7, 11) is 0. The van der Waals surface area contributed by atoms with E-state index in [1.807, 2.05) is 0 Å². The summed E-state index contributed by atoms with van der Waals surface area (Å²) in [6, 6.07) is 0. The molecule has 0 spiro atoms. The number of ketones is 2. The van der Waals surface area contributed by atoms with Gasteiger partial charge in [0.25, 0.3) is 0 Å². The molecule has 2 unspecified atom stereocenters. The Bertz CT molecular complexity index is 492. The van der Waals surface area contributed by atoms with Crippen LogP contribution in [0.25, 0.3) is 0 Å². The van der Waals surface area contributed by atoms with E-state index in [4.69, 9.17) is 4.74 Å². The maximum atomic E-state index is 12.8. The van der Waals surface area contributed by atoms with Crippen molar-refractivity contribution < 1.29 is 29.0 Å². The number of carbonyl (C=O) groups excluding carboxylic acids is 3. The highest BCUT2D eigenvalue weighted by atomic mass is 16.5. The second kappa shape index (κ2) is 8.40. The first-order valence-electron chi connectivity index (χ1n) is 8.32. The number of esters is 1. The van der Waals surface area contributed by atoms with Crippen LogP contribution in [0.4, 0.5) is 0 Å². The number of aliphatic carboxylic acids is 1. The lowest BCUT2D eigenvalue weighted by Gasteiger charge is -2.44. The van der Waals surface area contributed by atoms with Crippen molar-refractivity contribution in [2.75, 3.05) is 6.61 Å². The van der Waals surface area contributed by atoms with Crippen LogP contribution in [-0.4, -0.2) is 35.2 Å². The molecular formula is C18H30O6. The molecule has 0 bridgehead atoms. The molecule has 6 nitrogen and oxygen atoms in total. The average molecular weight is 342 g/mol. The normalized spacial score (nSPS) is 16.4. The van der Waals surface area contributed by atoms with Gasteiger partial charge in [-0.2, -0.15) is 0 Å². The van der Waals surface area contributed by atoms with Gasteiger partial charge in [-0.25, -0.2) is 0 Å². The predicted molar refractivity (Wildman–Crippen MR) is 89.4 cm³/mol. The summed E-state index contributed by atoms with van der Waals surface area (Å²) in [5, 5.41) is 9.98. The lowest BCUT2D eigenvalue weighted by Crippen LogP contribution is -2.61. The summed E-state index contributed by atoms with van der Waals surface area (Å²) in [6.45, 7) is 10.9. The molecule has 24 heavy (non-hydrogen) atoms. The fraction of sp³-hybridized carbons (Fsp3) is 0.778. The van der Waals surface area contributed by atoms with Crippen molar-refractivity contribution in [1.29, 1.82) is 0 Å². The fourth-order valence-electron chi connectivity index (χ4n) is 3.54. The molecule has 0 heterocycles. The van der Waals surface area contributed by atoms with Crippen molar-refractivity contribution in [3.63, 3.8) is 0 Å². The van der Waals surface area contributed by atoms with Gasteiger partial charge in [0.1, 0.15) is 22.4 Å². The molecule has 0 aliphatic heterocycles. The summed E-state index contributed by atoms with van der Waals surface area (Å²) in [5.41, 5.74) is -4.16. The molecule has 0 aromatic heterocycles. The highest BCUT2D eigenvalue weighted by Gasteiger charge is 2.67. The van der Waals surface area contributed by atoms with E-state index < -0.39 is 34.3 Å². The van der Waals surface area contributed by atoms with Crippen molar-refractivity contribution in [1.82, 2.24) is 0 Å². The smallest absolute Gasteiger partial charge is 0.321 e. The molecule has 0 saturated carbocycles. The Kier molecular flexibility index (Phi) is 7.80. The summed E-state index contributed by atoms with van der Waals surface area (Å²) in [4.78, 5) is 50.3. The number of Topliss-reactive ketones (excluding diaryl/α,β-unsaturated/α-hetero) is 2. The second-order valence-electron chi connectivity index (χ2n) is 7.14. The van der Waals surface area contributed by atoms with Crippen LogP contribution in [0.3, 0.4) is 0 Å². The van der Waals surface area contributed by atoms with Crippen LogP contribution in [0.2, 0.25) is 0 Å². The maximum Gasteiger partial charge on any atom is 0.321 e. The van der Waals surface area contributed by atoms with E-state index in [0.29, 0.717) is 0 Å². The van der Waals surface area contributed by atoms with E-state index in [0.717, 1.165) is 6.92 Å².